The Morgan fingerprint density at radius 2 is 2.42 bits per heavy atom. The lowest BCUT2D eigenvalue weighted by Gasteiger charge is -2.01. The molecule has 1 heterocycles. The highest BCUT2D eigenvalue weighted by Crippen LogP contribution is 2.13. The first kappa shape index (κ1) is 9.15. The predicted molar refractivity (Wildman–Crippen MR) is 48.3 cm³/mol. The van der Waals surface area contributed by atoms with Gasteiger partial charge in [-0.1, -0.05) is 0 Å². The molecule has 1 amide bonds. The summed E-state index contributed by atoms with van der Waals surface area (Å²) in [6.07, 6.45) is 1.46. The fourth-order valence-corrected chi connectivity index (χ4v) is 0.982. The van der Waals surface area contributed by atoms with E-state index in [0.29, 0.717) is 5.56 Å². The van der Waals surface area contributed by atoms with E-state index in [4.69, 9.17) is 5.84 Å². The van der Waals surface area contributed by atoms with Crippen molar-refractivity contribution in [1.82, 2.24) is 10.4 Å². The molecular formula is C7H8BrN3O. The van der Waals surface area contributed by atoms with E-state index < -0.39 is 0 Å². The highest BCUT2D eigenvalue weighted by atomic mass is 79.9. The Balaban J connectivity index is 3.05. The van der Waals surface area contributed by atoms with Gasteiger partial charge in [-0.25, -0.2) is 10.8 Å². The second kappa shape index (κ2) is 3.64. The largest absolute Gasteiger partial charge is 0.290 e. The summed E-state index contributed by atoms with van der Waals surface area (Å²) < 4.78 is 0.732. The van der Waals surface area contributed by atoms with Gasteiger partial charge in [-0.15, -0.1) is 0 Å². The van der Waals surface area contributed by atoms with Gasteiger partial charge in [0.1, 0.15) is 4.60 Å². The van der Waals surface area contributed by atoms with E-state index in [1.54, 1.807) is 6.07 Å². The number of carbonyl (C=O) groups excluding carboxylic acids is 1. The van der Waals surface area contributed by atoms with Gasteiger partial charge in [-0.2, -0.15) is 0 Å². The lowest BCUT2D eigenvalue weighted by atomic mass is 10.2. The fourth-order valence-electron chi connectivity index (χ4n) is 0.766. The number of nitrogens with zero attached hydrogens (tertiary/aromatic N) is 1. The Kier molecular flexibility index (Phi) is 2.78. The molecule has 0 aromatic carbocycles. The number of pyridine rings is 1. The Morgan fingerprint density at radius 3 is 2.92 bits per heavy atom. The van der Waals surface area contributed by atoms with Crippen molar-refractivity contribution in [2.45, 2.75) is 6.92 Å². The van der Waals surface area contributed by atoms with Gasteiger partial charge < -0.3 is 0 Å². The van der Waals surface area contributed by atoms with Crippen LogP contribution in [0.3, 0.4) is 0 Å². The summed E-state index contributed by atoms with van der Waals surface area (Å²) >= 11 is 3.23. The van der Waals surface area contributed by atoms with Crippen molar-refractivity contribution in [3.8, 4) is 0 Å². The summed E-state index contributed by atoms with van der Waals surface area (Å²) in [5.74, 6) is 4.62. The van der Waals surface area contributed by atoms with Crippen LogP contribution in [-0.2, 0) is 0 Å². The van der Waals surface area contributed by atoms with Crippen LogP contribution < -0.4 is 11.3 Å². The summed E-state index contributed by atoms with van der Waals surface area (Å²) in [6.45, 7) is 1.85. The summed E-state index contributed by atoms with van der Waals surface area (Å²) in [5.41, 5.74) is 3.39. The molecule has 0 saturated carbocycles. The molecule has 0 aliphatic rings. The summed E-state index contributed by atoms with van der Waals surface area (Å²) in [7, 11) is 0. The molecule has 0 radical (unpaired) electrons. The molecule has 1 aromatic heterocycles. The van der Waals surface area contributed by atoms with Gasteiger partial charge in [0.2, 0.25) is 0 Å². The molecule has 3 N–H and O–H groups in total. The number of hydrazine groups is 1. The average molecular weight is 230 g/mol. The number of hydrogen-bond donors (Lipinski definition) is 2. The van der Waals surface area contributed by atoms with Crippen molar-refractivity contribution < 1.29 is 4.79 Å². The second-order valence-electron chi connectivity index (χ2n) is 2.31. The Bertz CT molecular complexity index is 314. The van der Waals surface area contributed by atoms with Gasteiger partial charge in [-0.05, 0) is 34.5 Å². The molecule has 1 rings (SSSR count). The van der Waals surface area contributed by atoms with Crippen LogP contribution >= 0.6 is 15.9 Å². The van der Waals surface area contributed by atoms with Crippen molar-refractivity contribution >= 4 is 21.8 Å². The van der Waals surface area contributed by atoms with Gasteiger partial charge in [0.25, 0.3) is 5.91 Å². The molecule has 64 valence electrons. The summed E-state index contributed by atoms with van der Waals surface area (Å²) in [4.78, 5) is 14.9. The average Bonchev–Trinajstić information content (AvgIpc) is 2.08. The third-order valence-electron chi connectivity index (χ3n) is 1.41. The lowest BCUT2D eigenvalue weighted by Crippen LogP contribution is -2.30. The maximum Gasteiger partial charge on any atom is 0.266 e. The van der Waals surface area contributed by atoms with Crippen LogP contribution in [0, 0.1) is 6.92 Å². The number of hydrogen-bond acceptors (Lipinski definition) is 3. The Labute approximate surface area is 78.3 Å². The topological polar surface area (TPSA) is 68.0 Å². The Morgan fingerprint density at radius 1 is 1.75 bits per heavy atom. The van der Waals surface area contributed by atoms with Crippen molar-refractivity contribution in [3.63, 3.8) is 0 Å². The van der Waals surface area contributed by atoms with Crippen LogP contribution in [0.5, 0.6) is 0 Å². The molecule has 0 atom stereocenters. The number of nitrogens with two attached hydrogens (primary N) is 1. The molecule has 0 aliphatic heterocycles. The maximum absolute atomic E-state index is 11.0. The van der Waals surface area contributed by atoms with Crippen molar-refractivity contribution in [3.05, 3.63) is 28.0 Å². The minimum atomic E-state index is -0.335. The van der Waals surface area contributed by atoms with Gasteiger partial charge in [0.15, 0.2) is 0 Å². The van der Waals surface area contributed by atoms with Gasteiger partial charge in [-0.3, -0.25) is 10.2 Å². The molecule has 0 aliphatic carbocycles. The highest BCUT2D eigenvalue weighted by molar-refractivity contribution is 9.10. The molecule has 12 heavy (non-hydrogen) atoms. The monoisotopic (exact) mass is 229 g/mol. The molecule has 0 fully saturated rings. The third-order valence-corrected chi connectivity index (χ3v) is 2.24. The van der Waals surface area contributed by atoms with Gasteiger partial charge in [0.05, 0.1) is 5.56 Å². The first-order valence-electron chi connectivity index (χ1n) is 3.28. The van der Waals surface area contributed by atoms with Gasteiger partial charge in [0, 0.05) is 6.20 Å². The molecule has 0 spiro atoms. The minimum Gasteiger partial charge on any atom is -0.290 e. The molecule has 0 saturated heterocycles. The van der Waals surface area contributed by atoms with Crippen LogP contribution in [0.1, 0.15) is 15.9 Å². The quantitative estimate of drug-likeness (QED) is 0.324. The summed E-state index contributed by atoms with van der Waals surface area (Å²) in [6, 6.07) is 1.71. The van der Waals surface area contributed by atoms with Crippen molar-refractivity contribution in [1.29, 1.82) is 0 Å². The normalized spacial score (nSPS) is 9.58. The zero-order chi connectivity index (χ0) is 9.14. The molecule has 0 unspecified atom stereocenters. The van der Waals surface area contributed by atoms with Crippen molar-refractivity contribution in [2.75, 3.05) is 0 Å². The Hall–Kier alpha value is -0.940. The van der Waals surface area contributed by atoms with Gasteiger partial charge >= 0.3 is 0 Å². The number of aromatic nitrogens is 1. The minimum absolute atomic E-state index is 0.335. The SMILES string of the molecule is Cc1cc(C(=O)NN)cnc1Br. The number of nitrogen functional groups attached to an aromatic ring is 1. The number of rotatable bonds is 1. The molecule has 0 bridgehead atoms. The second-order valence-corrected chi connectivity index (χ2v) is 3.06. The van der Waals surface area contributed by atoms with Crippen LogP contribution in [0.15, 0.2) is 16.9 Å². The number of aryl methyl sites for hydroxylation is 1. The number of carbonyl (C=O) groups is 1. The number of nitrogens with one attached hydrogen (secondary N) is 1. The van der Waals surface area contributed by atoms with E-state index in [9.17, 15) is 4.79 Å². The smallest absolute Gasteiger partial charge is 0.266 e. The van der Waals surface area contributed by atoms with E-state index in [2.05, 4.69) is 20.9 Å². The predicted octanol–water partition coefficient (Wildman–Crippen LogP) is 0.756. The molecule has 4 nitrogen and oxygen atoms in total. The maximum atomic E-state index is 11.0. The van der Waals surface area contributed by atoms with Crippen LogP contribution in [0.4, 0.5) is 0 Å². The van der Waals surface area contributed by atoms with E-state index in [1.807, 2.05) is 12.3 Å². The van der Waals surface area contributed by atoms with E-state index in [1.165, 1.54) is 6.20 Å². The lowest BCUT2D eigenvalue weighted by molar-refractivity contribution is 0.0953. The first-order chi connectivity index (χ1) is 5.65. The zero-order valence-electron chi connectivity index (χ0n) is 6.47. The highest BCUT2D eigenvalue weighted by Gasteiger charge is 2.05. The van der Waals surface area contributed by atoms with Crippen LogP contribution in [-0.4, -0.2) is 10.9 Å². The standard InChI is InChI=1S/C7H8BrN3O/c1-4-2-5(7(12)11-9)3-10-6(4)8/h2-3H,9H2,1H3,(H,11,12). The molecular weight excluding hydrogens is 222 g/mol. The number of amides is 1. The van der Waals surface area contributed by atoms with E-state index in [-0.39, 0.29) is 5.91 Å². The molecule has 5 heteroatoms. The number of halogens is 1. The van der Waals surface area contributed by atoms with E-state index in [0.717, 1.165) is 10.2 Å². The zero-order valence-corrected chi connectivity index (χ0v) is 8.05. The van der Waals surface area contributed by atoms with Crippen LogP contribution in [0.25, 0.3) is 0 Å². The van der Waals surface area contributed by atoms with E-state index >= 15 is 0 Å². The van der Waals surface area contributed by atoms with Crippen LogP contribution in [0.2, 0.25) is 0 Å². The van der Waals surface area contributed by atoms with Crippen molar-refractivity contribution in [2.24, 2.45) is 5.84 Å². The summed E-state index contributed by atoms with van der Waals surface area (Å²) in [5, 5.41) is 0. The molecule has 1 aromatic rings. The first-order valence-corrected chi connectivity index (χ1v) is 4.07. The fraction of sp³-hybridized carbons (Fsp3) is 0.143. The third kappa shape index (κ3) is 1.80.